The number of fused-ring (bicyclic) bond motifs is 1. The molecule has 0 aliphatic carbocycles. The van der Waals surface area contributed by atoms with E-state index in [0.717, 1.165) is 20.9 Å². The van der Waals surface area contributed by atoms with Crippen LogP contribution >= 0.6 is 15.9 Å². The molecular weight excluding hydrogens is 294 g/mol. The summed E-state index contributed by atoms with van der Waals surface area (Å²) in [4.78, 5) is 0. The van der Waals surface area contributed by atoms with E-state index in [2.05, 4.69) is 26.1 Å². The van der Waals surface area contributed by atoms with Crippen LogP contribution in [0.25, 0.3) is 16.5 Å². The van der Waals surface area contributed by atoms with Crippen molar-refractivity contribution >= 4 is 26.7 Å². The third-order valence-corrected chi connectivity index (χ3v) is 3.56. The van der Waals surface area contributed by atoms with Crippen molar-refractivity contribution in [1.29, 1.82) is 0 Å². The van der Waals surface area contributed by atoms with Crippen LogP contribution in [0.3, 0.4) is 0 Å². The van der Waals surface area contributed by atoms with Crippen LogP contribution in [0.4, 0.5) is 0 Å². The molecule has 0 aliphatic heterocycles. The third kappa shape index (κ3) is 1.72. The number of rotatable bonds is 2. The minimum atomic E-state index is -0.135. The number of hydrogen-bond donors (Lipinski definition) is 1. The van der Waals surface area contributed by atoms with Crippen LogP contribution in [0, 0.1) is 0 Å². The highest BCUT2D eigenvalue weighted by Gasteiger charge is 2.09. The topological polar surface area (TPSA) is 50.9 Å². The van der Waals surface area contributed by atoms with E-state index in [4.69, 9.17) is 0 Å². The quantitative estimate of drug-likeness (QED) is 0.792. The first kappa shape index (κ1) is 11.4. The predicted molar refractivity (Wildman–Crippen MR) is 72.5 cm³/mol. The van der Waals surface area contributed by atoms with Gasteiger partial charge >= 0.3 is 0 Å². The molecule has 0 unspecified atom stereocenters. The zero-order valence-corrected chi connectivity index (χ0v) is 11.0. The minimum absolute atomic E-state index is 0.135. The largest absolute Gasteiger partial charge is 0.388 e. The fourth-order valence-electron chi connectivity index (χ4n) is 2.02. The van der Waals surface area contributed by atoms with Gasteiger partial charge in [0.25, 0.3) is 0 Å². The van der Waals surface area contributed by atoms with Gasteiger partial charge in [0.15, 0.2) is 5.82 Å². The van der Waals surface area contributed by atoms with Crippen molar-refractivity contribution in [2.24, 2.45) is 0 Å². The number of hydrogen-bond acceptors (Lipinski definition) is 3. The number of aliphatic hydroxyl groups is 1. The molecule has 1 aromatic heterocycles. The third-order valence-electron chi connectivity index (χ3n) is 2.87. The molecule has 0 saturated carbocycles. The maximum atomic E-state index is 9.26. The van der Waals surface area contributed by atoms with Crippen LogP contribution in [0.5, 0.6) is 0 Å². The second-order valence-electron chi connectivity index (χ2n) is 3.89. The molecule has 18 heavy (non-hydrogen) atoms. The predicted octanol–water partition coefficient (Wildman–Crippen LogP) is 2.68. The zero-order chi connectivity index (χ0) is 12.5. The Morgan fingerprint density at radius 1 is 1.11 bits per heavy atom. The Balaban J connectivity index is 2.34. The van der Waals surface area contributed by atoms with Crippen LogP contribution in [-0.4, -0.2) is 19.9 Å². The molecule has 3 rings (SSSR count). The molecule has 0 amide bonds. The number of nitrogens with zero attached hydrogens (tertiary/aromatic N) is 3. The van der Waals surface area contributed by atoms with Gasteiger partial charge in [-0.25, -0.2) is 0 Å². The fraction of sp³-hybridized carbons (Fsp3) is 0.0769. The van der Waals surface area contributed by atoms with Gasteiger partial charge in [-0.05, 0) is 17.5 Å². The molecule has 0 aliphatic rings. The summed E-state index contributed by atoms with van der Waals surface area (Å²) < 4.78 is 2.84. The Hall–Kier alpha value is -1.72. The first-order valence-electron chi connectivity index (χ1n) is 5.48. The SMILES string of the molecule is OCc1nncn1-c1ccc(Br)c2ccccc12. The summed E-state index contributed by atoms with van der Waals surface area (Å²) in [6.45, 7) is -0.135. The maximum absolute atomic E-state index is 9.26. The summed E-state index contributed by atoms with van der Waals surface area (Å²) in [5.41, 5.74) is 0.961. The Kier molecular flexibility index (Phi) is 2.85. The molecule has 0 radical (unpaired) electrons. The lowest BCUT2D eigenvalue weighted by Gasteiger charge is -2.10. The summed E-state index contributed by atoms with van der Waals surface area (Å²) in [5.74, 6) is 0.530. The molecule has 0 fully saturated rings. The van der Waals surface area contributed by atoms with Crippen LogP contribution in [0.1, 0.15) is 5.82 Å². The molecular formula is C13H10BrN3O. The van der Waals surface area contributed by atoms with Gasteiger partial charge in [-0.15, -0.1) is 10.2 Å². The fourth-order valence-corrected chi connectivity index (χ4v) is 2.50. The van der Waals surface area contributed by atoms with E-state index in [1.807, 2.05) is 36.4 Å². The van der Waals surface area contributed by atoms with Gasteiger partial charge in [-0.1, -0.05) is 40.2 Å². The van der Waals surface area contributed by atoms with Crippen molar-refractivity contribution in [3.05, 3.63) is 53.0 Å². The highest BCUT2D eigenvalue weighted by atomic mass is 79.9. The number of aliphatic hydroxyl groups excluding tert-OH is 1. The maximum Gasteiger partial charge on any atom is 0.163 e. The summed E-state index contributed by atoms with van der Waals surface area (Å²) >= 11 is 3.54. The normalized spacial score (nSPS) is 11.0. The smallest absolute Gasteiger partial charge is 0.163 e. The molecule has 1 heterocycles. The van der Waals surface area contributed by atoms with Crippen molar-refractivity contribution in [2.45, 2.75) is 6.61 Å². The molecule has 2 aromatic carbocycles. The molecule has 1 N–H and O–H groups in total. The van der Waals surface area contributed by atoms with Crippen LogP contribution in [0.15, 0.2) is 47.2 Å². The van der Waals surface area contributed by atoms with E-state index in [1.54, 1.807) is 10.9 Å². The van der Waals surface area contributed by atoms with Gasteiger partial charge in [-0.3, -0.25) is 4.57 Å². The molecule has 4 nitrogen and oxygen atoms in total. The monoisotopic (exact) mass is 303 g/mol. The average Bonchev–Trinajstić information content (AvgIpc) is 2.88. The summed E-state index contributed by atoms with van der Waals surface area (Å²) in [6, 6.07) is 12.0. The highest BCUT2D eigenvalue weighted by Crippen LogP contribution is 2.29. The van der Waals surface area contributed by atoms with Crippen molar-refractivity contribution in [1.82, 2.24) is 14.8 Å². The van der Waals surface area contributed by atoms with Crippen molar-refractivity contribution in [3.8, 4) is 5.69 Å². The van der Waals surface area contributed by atoms with Gasteiger partial charge in [-0.2, -0.15) is 0 Å². The van der Waals surface area contributed by atoms with E-state index >= 15 is 0 Å². The molecule has 0 bridgehead atoms. The molecule has 0 spiro atoms. The van der Waals surface area contributed by atoms with E-state index in [1.165, 1.54) is 0 Å². The molecule has 0 atom stereocenters. The Bertz CT molecular complexity index is 708. The van der Waals surface area contributed by atoms with Gasteiger partial charge in [0, 0.05) is 9.86 Å². The van der Waals surface area contributed by atoms with Crippen LogP contribution in [-0.2, 0) is 6.61 Å². The van der Waals surface area contributed by atoms with Crippen LogP contribution < -0.4 is 0 Å². The van der Waals surface area contributed by atoms with Crippen molar-refractivity contribution in [3.63, 3.8) is 0 Å². The Labute approximate surface area is 112 Å². The standard InChI is InChI=1S/C13H10BrN3O/c14-11-5-6-12(10-4-2-1-3-9(10)11)17-8-15-16-13(17)7-18/h1-6,8,18H,7H2. The summed E-state index contributed by atoms with van der Waals surface area (Å²) in [7, 11) is 0. The highest BCUT2D eigenvalue weighted by molar-refractivity contribution is 9.10. The van der Waals surface area contributed by atoms with E-state index in [0.29, 0.717) is 5.82 Å². The number of aromatic nitrogens is 3. The van der Waals surface area contributed by atoms with Crippen LogP contribution in [0.2, 0.25) is 0 Å². The lowest BCUT2D eigenvalue weighted by Crippen LogP contribution is -2.00. The van der Waals surface area contributed by atoms with Gasteiger partial charge in [0.2, 0.25) is 0 Å². The first-order chi connectivity index (χ1) is 8.81. The number of halogens is 1. The molecule has 0 saturated heterocycles. The zero-order valence-electron chi connectivity index (χ0n) is 9.42. The second kappa shape index (κ2) is 4.51. The van der Waals surface area contributed by atoms with E-state index < -0.39 is 0 Å². The van der Waals surface area contributed by atoms with Crippen molar-refractivity contribution in [2.75, 3.05) is 0 Å². The van der Waals surface area contributed by atoms with E-state index in [9.17, 15) is 5.11 Å². The first-order valence-corrected chi connectivity index (χ1v) is 6.28. The minimum Gasteiger partial charge on any atom is -0.388 e. The van der Waals surface area contributed by atoms with Gasteiger partial charge < -0.3 is 5.11 Å². The molecule has 5 heteroatoms. The molecule has 90 valence electrons. The Morgan fingerprint density at radius 2 is 1.89 bits per heavy atom. The lowest BCUT2D eigenvalue weighted by molar-refractivity contribution is 0.269. The van der Waals surface area contributed by atoms with Gasteiger partial charge in [0.1, 0.15) is 12.9 Å². The lowest BCUT2D eigenvalue weighted by atomic mass is 10.1. The summed E-state index contributed by atoms with van der Waals surface area (Å²) in [6.07, 6.45) is 1.61. The molecule has 3 aromatic rings. The summed E-state index contributed by atoms with van der Waals surface area (Å²) in [5, 5.41) is 19.2. The van der Waals surface area contributed by atoms with Gasteiger partial charge in [0.05, 0.1) is 5.69 Å². The number of benzene rings is 2. The van der Waals surface area contributed by atoms with E-state index in [-0.39, 0.29) is 6.61 Å². The second-order valence-corrected chi connectivity index (χ2v) is 4.74. The Morgan fingerprint density at radius 3 is 2.67 bits per heavy atom. The van der Waals surface area contributed by atoms with Crippen molar-refractivity contribution < 1.29 is 5.11 Å². The average molecular weight is 304 g/mol.